The summed E-state index contributed by atoms with van der Waals surface area (Å²) in [6, 6.07) is 8.37. The molecule has 15 heavy (non-hydrogen) atoms. The van der Waals surface area contributed by atoms with Crippen LogP contribution in [0.2, 0.25) is 5.02 Å². The Hall–Kier alpha value is -0.570. The quantitative estimate of drug-likeness (QED) is 0.729. The van der Waals surface area contributed by atoms with Crippen molar-refractivity contribution in [3.8, 4) is 0 Å². The molecule has 0 spiro atoms. The van der Waals surface area contributed by atoms with Crippen molar-refractivity contribution in [3.05, 3.63) is 34.9 Å². The van der Waals surface area contributed by atoms with Crippen LogP contribution >= 0.6 is 11.6 Å². The maximum atomic E-state index is 5.88. The van der Waals surface area contributed by atoms with Gasteiger partial charge in [-0.3, -0.25) is 4.90 Å². The van der Waals surface area contributed by atoms with Crippen LogP contribution in [0, 0.1) is 0 Å². The molecule has 1 aliphatic rings. The van der Waals surface area contributed by atoms with Crippen molar-refractivity contribution < 1.29 is 4.74 Å². The molecule has 1 aliphatic heterocycles. The van der Waals surface area contributed by atoms with E-state index in [1.165, 1.54) is 5.56 Å². The third-order valence-corrected chi connectivity index (χ3v) is 3.21. The van der Waals surface area contributed by atoms with E-state index in [2.05, 4.69) is 31.0 Å². The summed E-state index contributed by atoms with van der Waals surface area (Å²) >= 11 is 5.88. The van der Waals surface area contributed by atoms with Crippen molar-refractivity contribution in [1.29, 1.82) is 0 Å². The van der Waals surface area contributed by atoms with Crippen molar-refractivity contribution in [2.75, 3.05) is 20.2 Å². The molecule has 1 aromatic rings. The minimum atomic E-state index is 0.241. The first-order chi connectivity index (χ1) is 7.18. The Morgan fingerprint density at radius 3 is 2.60 bits per heavy atom. The zero-order chi connectivity index (χ0) is 10.8. The molecule has 0 N–H and O–H groups in total. The molecule has 1 saturated heterocycles. The van der Waals surface area contributed by atoms with Crippen LogP contribution in [0.5, 0.6) is 0 Å². The average Bonchev–Trinajstić information content (AvgIpc) is 2.20. The molecule has 1 aromatic carbocycles. The predicted octanol–water partition coefficient (Wildman–Crippen LogP) is 2.73. The van der Waals surface area contributed by atoms with E-state index >= 15 is 0 Å². The number of likely N-dealkylation sites (N-methyl/N-ethyl adjacent to an activating group) is 1. The van der Waals surface area contributed by atoms with Crippen molar-refractivity contribution in [2.24, 2.45) is 0 Å². The molecule has 0 amide bonds. The molecule has 2 atom stereocenters. The molecule has 0 bridgehead atoms. The van der Waals surface area contributed by atoms with E-state index < -0.39 is 0 Å². The summed E-state index contributed by atoms with van der Waals surface area (Å²) in [5.41, 5.74) is 1.27. The van der Waals surface area contributed by atoms with Gasteiger partial charge in [-0.15, -0.1) is 0 Å². The van der Waals surface area contributed by atoms with Gasteiger partial charge in [-0.25, -0.2) is 0 Å². The van der Waals surface area contributed by atoms with Gasteiger partial charge in [0, 0.05) is 11.6 Å². The zero-order valence-electron chi connectivity index (χ0n) is 9.11. The minimum Gasteiger partial charge on any atom is -0.375 e. The van der Waals surface area contributed by atoms with Crippen LogP contribution in [-0.4, -0.2) is 31.2 Å². The van der Waals surface area contributed by atoms with Crippen LogP contribution in [0.3, 0.4) is 0 Å². The summed E-state index contributed by atoms with van der Waals surface area (Å²) in [6.45, 7) is 3.92. The van der Waals surface area contributed by atoms with Gasteiger partial charge in [0.05, 0.1) is 18.8 Å². The second kappa shape index (κ2) is 4.52. The second-order valence-corrected chi connectivity index (χ2v) is 4.49. The zero-order valence-corrected chi connectivity index (χ0v) is 9.87. The molecule has 0 aliphatic carbocycles. The van der Waals surface area contributed by atoms with Gasteiger partial charge in [-0.1, -0.05) is 23.7 Å². The Balaban J connectivity index is 2.23. The first-order valence-corrected chi connectivity index (χ1v) is 5.63. The van der Waals surface area contributed by atoms with Crippen LogP contribution in [0.25, 0.3) is 0 Å². The van der Waals surface area contributed by atoms with Gasteiger partial charge in [0.2, 0.25) is 0 Å². The number of ether oxygens (including phenoxy) is 1. The maximum Gasteiger partial charge on any atom is 0.0744 e. The van der Waals surface area contributed by atoms with Gasteiger partial charge in [-0.2, -0.15) is 0 Å². The molecule has 0 saturated carbocycles. The molecule has 82 valence electrons. The van der Waals surface area contributed by atoms with E-state index in [1.54, 1.807) is 0 Å². The highest BCUT2D eigenvalue weighted by Gasteiger charge is 2.27. The molecular weight excluding hydrogens is 210 g/mol. The van der Waals surface area contributed by atoms with E-state index in [1.807, 2.05) is 12.1 Å². The molecule has 1 heterocycles. The fraction of sp³-hybridized carbons (Fsp3) is 0.500. The summed E-state index contributed by atoms with van der Waals surface area (Å²) < 4.78 is 5.67. The SMILES string of the molecule is C[C@@H]1OCCN(C)[C@H]1c1ccc(Cl)cc1. The number of benzene rings is 1. The molecule has 0 aromatic heterocycles. The Morgan fingerprint density at radius 1 is 1.33 bits per heavy atom. The number of morpholine rings is 1. The molecule has 3 heteroatoms. The van der Waals surface area contributed by atoms with Crippen LogP contribution < -0.4 is 0 Å². The number of hydrogen-bond donors (Lipinski definition) is 0. The van der Waals surface area contributed by atoms with Gasteiger partial charge < -0.3 is 4.74 Å². The normalized spacial score (nSPS) is 27.9. The van der Waals surface area contributed by atoms with E-state index in [0.29, 0.717) is 6.04 Å². The largest absolute Gasteiger partial charge is 0.375 e. The highest BCUT2D eigenvalue weighted by Crippen LogP contribution is 2.28. The number of halogens is 1. The lowest BCUT2D eigenvalue weighted by Crippen LogP contribution is -2.41. The van der Waals surface area contributed by atoms with Crippen molar-refractivity contribution in [2.45, 2.75) is 19.1 Å². The first-order valence-electron chi connectivity index (χ1n) is 5.26. The van der Waals surface area contributed by atoms with Gasteiger partial charge in [-0.05, 0) is 31.7 Å². The standard InChI is InChI=1S/C12H16ClNO/c1-9-12(14(2)7-8-15-9)10-3-5-11(13)6-4-10/h3-6,9,12H,7-8H2,1-2H3/t9-,12+/m0/s1. The van der Waals surface area contributed by atoms with Crippen LogP contribution in [0.4, 0.5) is 0 Å². The predicted molar refractivity (Wildman–Crippen MR) is 62.2 cm³/mol. The van der Waals surface area contributed by atoms with Crippen LogP contribution in [0.15, 0.2) is 24.3 Å². The van der Waals surface area contributed by atoms with Crippen LogP contribution in [-0.2, 0) is 4.74 Å². The minimum absolute atomic E-state index is 0.241. The van der Waals surface area contributed by atoms with Gasteiger partial charge in [0.1, 0.15) is 0 Å². The lowest BCUT2D eigenvalue weighted by Gasteiger charge is -2.37. The van der Waals surface area contributed by atoms with Crippen molar-refractivity contribution in [3.63, 3.8) is 0 Å². The van der Waals surface area contributed by atoms with Crippen molar-refractivity contribution in [1.82, 2.24) is 4.90 Å². The monoisotopic (exact) mass is 225 g/mol. The van der Waals surface area contributed by atoms with Gasteiger partial charge in [0.15, 0.2) is 0 Å². The lowest BCUT2D eigenvalue weighted by atomic mass is 10.00. The van der Waals surface area contributed by atoms with E-state index in [9.17, 15) is 0 Å². The molecular formula is C12H16ClNO. The number of hydrogen-bond acceptors (Lipinski definition) is 2. The van der Waals surface area contributed by atoms with Gasteiger partial charge in [0.25, 0.3) is 0 Å². The molecule has 2 nitrogen and oxygen atoms in total. The Bertz CT molecular complexity index is 315. The van der Waals surface area contributed by atoms with Gasteiger partial charge >= 0.3 is 0 Å². The third-order valence-electron chi connectivity index (χ3n) is 2.96. The molecule has 1 fully saturated rings. The summed E-state index contributed by atoms with van der Waals surface area (Å²) in [5.74, 6) is 0. The van der Waals surface area contributed by atoms with Crippen LogP contribution in [0.1, 0.15) is 18.5 Å². The summed E-state index contributed by atoms with van der Waals surface area (Å²) in [7, 11) is 2.14. The topological polar surface area (TPSA) is 12.5 Å². The van der Waals surface area contributed by atoms with E-state index in [4.69, 9.17) is 16.3 Å². The lowest BCUT2D eigenvalue weighted by molar-refractivity contribution is -0.0528. The first kappa shape index (κ1) is 10.9. The Morgan fingerprint density at radius 2 is 2.00 bits per heavy atom. The van der Waals surface area contributed by atoms with E-state index in [-0.39, 0.29) is 6.10 Å². The number of rotatable bonds is 1. The highest BCUT2D eigenvalue weighted by atomic mass is 35.5. The Labute approximate surface area is 95.8 Å². The van der Waals surface area contributed by atoms with Crippen molar-refractivity contribution >= 4 is 11.6 Å². The maximum absolute atomic E-state index is 5.88. The molecule has 0 radical (unpaired) electrons. The van der Waals surface area contributed by atoms with E-state index in [0.717, 1.165) is 18.2 Å². The third kappa shape index (κ3) is 2.33. The number of nitrogens with zero attached hydrogens (tertiary/aromatic N) is 1. The summed E-state index contributed by atoms with van der Waals surface area (Å²) in [4.78, 5) is 2.33. The highest BCUT2D eigenvalue weighted by molar-refractivity contribution is 6.30. The summed E-state index contributed by atoms with van der Waals surface area (Å²) in [5, 5.41) is 0.783. The fourth-order valence-electron chi connectivity index (χ4n) is 2.16. The molecule has 2 rings (SSSR count). The molecule has 0 unspecified atom stereocenters. The smallest absolute Gasteiger partial charge is 0.0744 e. The fourth-order valence-corrected chi connectivity index (χ4v) is 2.28. The Kier molecular flexibility index (Phi) is 3.29. The average molecular weight is 226 g/mol. The second-order valence-electron chi connectivity index (χ2n) is 4.05. The summed E-state index contributed by atoms with van der Waals surface area (Å²) in [6.07, 6.45) is 0.241.